The number of aryl methyl sites for hydroxylation is 2. The summed E-state index contributed by atoms with van der Waals surface area (Å²) in [5.74, 6) is 2.56. The van der Waals surface area contributed by atoms with Gasteiger partial charge >= 0.3 is 0 Å². The molecule has 158 valence electrons. The van der Waals surface area contributed by atoms with Gasteiger partial charge in [0, 0.05) is 18.3 Å². The van der Waals surface area contributed by atoms with E-state index in [1.807, 2.05) is 75.3 Å². The first-order valence-corrected chi connectivity index (χ1v) is 9.79. The van der Waals surface area contributed by atoms with Gasteiger partial charge in [0.2, 0.25) is 5.88 Å². The Morgan fingerprint density at radius 3 is 2.53 bits per heavy atom. The molecule has 0 radical (unpaired) electrons. The maximum absolute atomic E-state index is 9.89. The van der Waals surface area contributed by atoms with Crippen molar-refractivity contribution in [2.45, 2.75) is 20.0 Å². The standard InChI is InChI=1S/C23H28N4O3/c1-16-5-6-17(2)21(11-16)30-23-12-22(24-15-25-23)26-18-7-9-20(10-8-18)29-14-19(28)13-27(3)4/h5-12,15,19,28H,13-14H2,1-4H3,(H,24,25,26). The molecule has 0 aliphatic carbocycles. The second-order valence-electron chi connectivity index (χ2n) is 7.49. The molecule has 1 atom stereocenters. The van der Waals surface area contributed by atoms with E-state index < -0.39 is 6.10 Å². The summed E-state index contributed by atoms with van der Waals surface area (Å²) in [5.41, 5.74) is 3.02. The van der Waals surface area contributed by atoms with E-state index in [0.717, 1.165) is 22.6 Å². The topological polar surface area (TPSA) is 79.7 Å². The minimum Gasteiger partial charge on any atom is -0.491 e. The van der Waals surface area contributed by atoms with Gasteiger partial charge in [0.1, 0.15) is 36.4 Å². The molecule has 1 aromatic heterocycles. The summed E-state index contributed by atoms with van der Waals surface area (Å²) >= 11 is 0. The molecule has 3 aromatic rings. The molecule has 3 rings (SSSR count). The van der Waals surface area contributed by atoms with E-state index in [0.29, 0.717) is 24.0 Å². The van der Waals surface area contributed by atoms with Crippen molar-refractivity contribution < 1.29 is 14.6 Å². The van der Waals surface area contributed by atoms with Crippen molar-refractivity contribution >= 4 is 11.5 Å². The van der Waals surface area contributed by atoms with Crippen LogP contribution in [0.4, 0.5) is 11.5 Å². The summed E-state index contributed by atoms with van der Waals surface area (Å²) in [5, 5.41) is 13.1. The number of hydrogen-bond acceptors (Lipinski definition) is 7. The SMILES string of the molecule is Cc1ccc(C)c(Oc2cc(Nc3ccc(OCC(O)CN(C)C)cc3)ncn2)c1. The first-order chi connectivity index (χ1) is 14.4. The predicted molar refractivity (Wildman–Crippen MR) is 118 cm³/mol. The van der Waals surface area contributed by atoms with Crippen molar-refractivity contribution in [1.82, 2.24) is 14.9 Å². The van der Waals surface area contributed by atoms with E-state index in [2.05, 4.69) is 15.3 Å². The Bertz CT molecular complexity index is 961. The van der Waals surface area contributed by atoms with Crippen LogP contribution in [0.5, 0.6) is 17.4 Å². The van der Waals surface area contributed by atoms with Crippen LogP contribution < -0.4 is 14.8 Å². The van der Waals surface area contributed by atoms with E-state index in [1.165, 1.54) is 6.33 Å². The molecule has 30 heavy (non-hydrogen) atoms. The Morgan fingerprint density at radius 2 is 1.80 bits per heavy atom. The summed E-state index contributed by atoms with van der Waals surface area (Å²) in [4.78, 5) is 10.4. The van der Waals surface area contributed by atoms with Gasteiger partial charge in [-0.05, 0) is 69.4 Å². The molecule has 2 N–H and O–H groups in total. The molecule has 0 amide bonds. The van der Waals surface area contributed by atoms with Crippen LogP contribution in [0.2, 0.25) is 0 Å². The van der Waals surface area contributed by atoms with Crippen LogP contribution in [-0.4, -0.2) is 53.3 Å². The van der Waals surface area contributed by atoms with Gasteiger partial charge in [-0.25, -0.2) is 9.97 Å². The molecule has 0 bridgehead atoms. The van der Waals surface area contributed by atoms with E-state index in [1.54, 1.807) is 6.07 Å². The highest BCUT2D eigenvalue weighted by atomic mass is 16.5. The van der Waals surface area contributed by atoms with Crippen molar-refractivity contribution in [1.29, 1.82) is 0 Å². The van der Waals surface area contributed by atoms with Crippen LogP contribution in [0.3, 0.4) is 0 Å². The molecule has 2 aromatic carbocycles. The van der Waals surface area contributed by atoms with Crippen LogP contribution in [0.1, 0.15) is 11.1 Å². The Morgan fingerprint density at radius 1 is 1.03 bits per heavy atom. The molecule has 0 spiro atoms. The average Bonchev–Trinajstić information content (AvgIpc) is 2.70. The lowest BCUT2D eigenvalue weighted by Crippen LogP contribution is -2.30. The van der Waals surface area contributed by atoms with Gasteiger partial charge in [-0.15, -0.1) is 0 Å². The zero-order chi connectivity index (χ0) is 21.5. The van der Waals surface area contributed by atoms with Crippen molar-refractivity contribution in [3.63, 3.8) is 0 Å². The molecule has 0 aliphatic rings. The van der Waals surface area contributed by atoms with Crippen molar-refractivity contribution in [3.05, 3.63) is 66.0 Å². The summed E-state index contributed by atoms with van der Waals surface area (Å²) in [6.45, 7) is 4.82. The second kappa shape index (κ2) is 10.0. The molecule has 7 heteroatoms. The highest BCUT2D eigenvalue weighted by Crippen LogP contribution is 2.26. The van der Waals surface area contributed by atoms with Gasteiger partial charge in [-0.2, -0.15) is 0 Å². The molecular weight excluding hydrogens is 380 g/mol. The maximum Gasteiger partial charge on any atom is 0.224 e. The third-order valence-electron chi connectivity index (χ3n) is 4.35. The maximum atomic E-state index is 9.89. The lowest BCUT2D eigenvalue weighted by atomic mass is 10.1. The molecule has 0 fully saturated rings. The lowest BCUT2D eigenvalue weighted by Gasteiger charge is -2.16. The van der Waals surface area contributed by atoms with Crippen LogP contribution in [0.15, 0.2) is 54.9 Å². The summed E-state index contributed by atoms with van der Waals surface area (Å²) < 4.78 is 11.6. The van der Waals surface area contributed by atoms with Gasteiger partial charge in [-0.1, -0.05) is 12.1 Å². The van der Waals surface area contributed by atoms with Gasteiger partial charge in [0.05, 0.1) is 0 Å². The van der Waals surface area contributed by atoms with Crippen molar-refractivity contribution in [2.75, 3.05) is 32.6 Å². The fourth-order valence-corrected chi connectivity index (χ4v) is 2.84. The minimum atomic E-state index is -0.533. The summed E-state index contributed by atoms with van der Waals surface area (Å²) in [7, 11) is 3.82. The van der Waals surface area contributed by atoms with Gasteiger partial charge in [0.25, 0.3) is 0 Å². The predicted octanol–water partition coefficient (Wildman–Crippen LogP) is 3.93. The number of aliphatic hydroxyl groups is 1. The van der Waals surface area contributed by atoms with Crippen molar-refractivity contribution in [3.8, 4) is 17.4 Å². The quantitative estimate of drug-likeness (QED) is 0.555. The highest BCUT2D eigenvalue weighted by molar-refractivity contribution is 5.57. The normalized spacial score (nSPS) is 11.9. The Labute approximate surface area is 177 Å². The van der Waals surface area contributed by atoms with Crippen molar-refractivity contribution in [2.24, 2.45) is 0 Å². The largest absolute Gasteiger partial charge is 0.491 e. The fraction of sp³-hybridized carbons (Fsp3) is 0.304. The number of ether oxygens (including phenoxy) is 2. The van der Waals surface area contributed by atoms with Crippen LogP contribution in [0, 0.1) is 13.8 Å². The molecule has 7 nitrogen and oxygen atoms in total. The molecule has 1 heterocycles. The molecular formula is C23H28N4O3. The van der Waals surface area contributed by atoms with E-state index in [4.69, 9.17) is 9.47 Å². The number of aromatic nitrogens is 2. The summed E-state index contributed by atoms with van der Waals surface area (Å²) in [6.07, 6.45) is 0.932. The van der Waals surface area contributed by atoms with E-state index in [9.17, 15) is 5.11 Å². The Hall–Kier alpha value is -3.16. The number of aliphatic hydroxyl groups excluding tert-OH is 1. The van der Waals surface area contributed by atoms with Gasteiger partial charge in [0.15, 0.2) is 0 Å². The highest BCUT2D eigenvalue weighted by Gasteiger charge is 2.08. The van der Waals surface area contributed by atoms with E-state index >= 15 is 0 Å². The smallest absolute Gasteiger partial charge is 0.224 e. The number of benzene rings is 2. The average molecular weight is 409 g/mol. The molecule has 0 saturated heterocycles. The molecule has 1 unspecified atom stereocenters. The van der Waals surface area contributed by atoms with Gasteiger partial charge < -0.3 is 24.8 Å². The minimum absolute atomic E-state index is 0.246. The third kappa shape index (κ3) is 6.43. The number of likely N-dealkylation sites (N-methyl/N-ethyl adjacent to an activating group) is 1. The lowest BCUT2D eigenvalue weighted by molar-refractivity contribution is 0.0831. The zero-order valence-electron chi connectivity index (χ0n) is 17.8. The molecule has 0 saturated carbocycles. The number of hydrogen-bond donors (Lipinski definition) is 2. The monoisotopic (exact) mass is 408 g/mol. The number of anilines is 2. The van der Waals surface area contributed by atoms with Gasteiger partial charge in [-0.3, -0.25) is 0 Å². The first-order valence-electron chi connectivity index (χ1n) is 9.79. The van der Waals surface area contributed by atoms with E-state index in [-0.39, 0.29) is 6.61 Å². The summed E-state index contributed by atoms with van der Waals surface area (Å²) in [6, 6.07) is 15.3. The molecule has 0 aliphatic heterocycles. The fourth-order valence-electron chi connectivity index (χ4n) is 2.84. The Kier molecular flexibility index (Phi) is 7.21. The number of rotatable bonds is 9. The second-order valence-corrected chi connectivity index (χ2v) is 7.49. The Balaban J connectivity index is 1.60. The number of nitrogens with one attached hydrogen (secondary N) is 1. The van der Waals surface area contributed by atoms with Crippen LogP contribution in [0.25, 0.3) is 0 Å². The zero-order valence-corrected chi connectivity index (χ0v) is 17.8. The number of nitrogens with zero attached hydrogens (tertiary/aromatic N) is 3. The van der Waals surface area contributed by atoms with Crippen LogP contribution >= 0.6 is 0 Å². The first kappa shape index (κ1) is 21.5. The third-order valence-corrected chi connectivity index (χ3v) is 4.35. The van der Waals surface area contributed by atoms with Crippen LogP contribution in [-0.2, 0) is 0 Å².